The molecule has 0 heterocycles. The number of hydrogen-bond acceptors (Lipinski definition) is 4. The van der Waals surface area contributed by atoms with E-state index in [0.29, 0.717) is 6.54 Å². The summed E-state index contributed by atoms with van der Waals surface area (Å²) in [6.07, 6.45) is -3.89. The van der Waals surface area contributed by atoms with Crippen molar-refractivity contribution in [1.29, 1.82) is 0 Å². The second-order valence-corrected chi connectivity index (χ2v) is 5.41. The van der Waals surface area contributed by atoms with Crippen LogP contribution < -0.4 is 10.6 Å². The molecule has 1 amide bonds. The lowest BCUT2D eigenvalue weighted by atomic mass is 10.1. The Kier molecular flexibility index (Phi) is 5.81. The van der Waals surface area contributed by atoms with E-state index in [2.05, 4.69) is 10.6 Å². The maximum atomic E-state index is 13.0. The first-order valence-corrected chi connectivity index (χ1v) is 7.74. The van der Waals surface area contributed by atoms with Crippen LogP contribution in [0.3, 0.4) is 0 Å². The number of carbonyl (C=O) groups is 1. The first-order valence-electron chi connectivity index (χ1n) is 7.74. The van der Waals surface area contributed by atoms with Gasteiger partial charge < -0.3 is 10.6 Å². The highest BCUT2D eigenvalue weighted by atomic mass is 19.4. The minimum atomic E-state index is -4.64. The second kappa shape index (κ2) is 7.85. The van der Waals surface area contributed by atoms with Crippen molar-refractivity contribution in [3.05, 3.63) is 63.7 Å². The fourth-order valence-corrected chi connectivity index (χ4v) is 2.27. The van der Waals surface area contributed by atoms with Crippen molar-refractivity contribution >= 4 is 23.0 Å². The van der Waals surface area contributed by atoms with Gasteiger partial charge in [0.05, 0.1) is 16.2 Å². The number of rotatable bonds is 6. The van der Waals surface area contributed by atoms with Crippen molar-refractivity contribution in [3.63, 3.8) is 0 Å². The van der Waals surface area contributed by atoms with Gasteiger partial charge in [0.15, 0.2) is 0 Å². The summed E-state index contributed by atoms with van der Waals surface area (Å²) >= 11 is 0. The smallest absolute Gasteiger partial charge is 0.380 e. The minimum absolute atomic E-state index is 0.115. The Hall–Kier alpha value is -3.10. The Morgan fingerprint density at radius 2 is 1.85 bits per heavy atom. The molecule has 138 valence electrons. The number of amides is 1. The molecule has 0 unspecified atom stereocenters. The number of carbonyl (C=O) groups excluding carboxylic acids is 1. The molecule has 0 bridgehead atoms. The van der Waals surface area contributed by atoms with E-state index in [0.717, 1.165) is 24.6 Å². The van der Waals surface area contributed by atoms with Crippen LogP contribution in [-0.4, -0.2) is 17.4 Å². The van der Waals surface area contributed by atoms with Gasteiger partial charge in [-0.2, -0.15) is 13.2 Å². The SMILES string of the molecule is CCCNc1ccc(C(=O)Nc2ccccc2C(F)(F)F)cc1[N+](=O)[O-]. The molecule has 9 heteroatoms. The quantitative estimate of drug-likeness (QED) is 0.573. The maximum absolute atomic E-state index is 13.0. The highest BCUT2D eigenvalue weighted by Crippen LogP contribution is 2.35. The van der Waals surface area contributed by atoms with Crippen molar-refractivity contribution in [2.24, 2.45) is 0 Å². The van der Waals surface area contributed by atoms with Crippen LogP contribution in [0.1, 0.15) is 29.3 Å². The predicted octanol–water partition coefficient (Wildman–Crippen LogP) is 4.69. The summed E-state index contributed by atoms with van der Waals surface area (Å²) in [4.78, 5) is 22.8. The fraction of sp³-hybridized carbons (Fsp3) is 0.235. The molecule has 2 rings (SSSR count). The van der Waals surface area contributed by atoms with Gasteiger partial charge in [0.1, 0.15) is 5.69 Å². The summed E-state index contributed by atoms with van der Waals surface area (Å²) < 4.78 is 39.0. The Labute approximate surface area is 147 Å². The van der Waals surface area contributed by atoms with Crippen LogP contribution >= 0.6 is 0 Å². The summed E-state index contributed by atoms with van der Waals surface area (Å²) in [5.41, 5.74) is -1.61. The van der Waals surface area contributed by atoms with Crippen molar-refractivity contribution in [2.75, 3.05) is 17.2 Å². The third-order valence-electron chi connectivity index (χ3n) is 3.50. The van der Waals surface area contributed by atoms with E-state index in [9.17, 15) is 28.1 Å². The average Bonchev–Trinajstić information content (AvgIpc) is 2.59. The van der Waals surface area contributed by atoms with Gasteiger partial charge in [-0.3, -0.25) is 14.9 Å². The lowest BCUT2D eigenvalue weighted by Gasteiger charge is -2.14. The average molecular weight is 367 g/mol. The molecule has 0 aliphatic carbocycles. The maximum Gasteiger partial charge on any atom is 0.418 e. The van der Waals surface area contributed by atoms with Gasteiger partial charge in [0, 0.05) is 18.2 Å². The number of hydrogen-bond donors (Lipinski definition) is 2. The van der Waals surface area contributed by atoms with E-state index in [1.807, 2.05) is 6.92 Å². The van der Waals surface area contributed by atoms with Crippen LogP contribution in [0.4, 0.5) is 30.2 Å². The van der Waals surface area contributed by atoms with E-state index < -0.39 is 28.3 Å². The van der Waals surface area contributed by atoms with Crippen LogP contribution in [-0.2, 0) is 6.18 Å². The Bertz CT molecular complexity index is 822. The number of nitrogens with zero attached hydrogens (tertiary/aromatic N) is 1. The molecule has 0 spiro atoms. The van der Waals surface area contributed by atoms with Gasteiger partial charge in [-0.15, -0.1) is 0 Å². The van der Waals surface area contributed by atoms with Crippen LogP contribution in [0, 0.1) is 10.1 Å². The lowest BCUT2D eigenvalue weighted by molar-refractivity contribution is -0.384. The Morgan fingerprint density at radius 3 is 2.46 bits per heavy atom. The second-order valence-electron chi connectivity index (χ2n) is 5.41. The van der Waals surface area contributed by atoms with Gasteiger partial charge in [0.25, 0.3) is 11.6 Å². The molecule has 0 fully saturated rings. The standard InChI is InChI=1S/C17H16F3N3O3/c1-2-9-21-14-8-7-11(10-15(14)23(25)26)16(24)22-13-6-4-3-5-12(13)17(18,19)20/h3-8,10,21H,2,9H2,1H3,(H,22,24). The highest BCUT2D eigenvalue weighted by molar-refractivity contribution is 6.05. The number of halogens is 3. The Balaban J connectivity index is 2.31. The molecule has 2 aromatic rings. The summed E-state index contributed by atoms with van der Waals surface area (Å²) in [7, 11) is 0. The first kappa shape index (κ1) is 19.2. The monoisotopic (exact) mass is 367 g/mol. The van der Waals surface area contributed by atoms with Crippen molar-refractivity contribution in [1.82, 2.24) is 0 Å². The van der Waals surface area contributed by atoms with Crippen LogP contribution in [0.2, 0.25) is 0 Å². The number of para-hydroxylation sites is 1. The number of nitro groups is 1. The number of nitro benzene ring substituents is 1. The fourth-order valence-electron chi connectivity index (χ4n) is 2.27. The normalized spacial score (nSPS) is 11.1. The molecule has 0 aromatic heterocycles. The van der Waals surface area contributed by atoms with Gasteiger partial charge >= 0.3 is 6.18 Å². The zero-order chi connectivity index (χ0) is 19.3. The summed E-state index contributed by atoms with van der Waals surface area (Å²) in [6, 6.07) is 8.23. The van der Waals surface area contributed by atoms with Gasteiger partial charge in [-0.05, 0) is 30.7 Å². The zero-order valence-corrected chi connectivity index (χ0v) is 13.8. The minimum Gasteiger partial charge on any atom is -0.380 e. The molecule has 26 heavy (non-hydrogen) atoms. The third kappa shape index (κ3) is 4.50. The zero-order valence-electron chi connectivity index (χ0n) is 13.8. The van der Waals surface area contributed by atoms with Crippen molar-refractivity contribution < 1.29 is 22.9 Å². The van der Waals surface area contributed by atoms with Gasteiger partial charge in [0.2, 0.25) is 0 Å². The van der Waals surface area contributed by atoms with E-state index in [-0.39, 0.29) is 16.9 Å². The lowest BCUT2D eigenvalue weighted by Crippen LogP contribution is -2.17. The molecule has 0 saturated carbocycles. The molecule has 2 N–H and O–H groups in total. The summed E-state index contributed by atoms with van der Waals surface area (Å²) in [5.74, 6) is -0.869. The van der Waals surface area contributed by atoms with Crippen LogP contribution in [0.5, 0.6) is 0 Å². The number of anilines is 2. The molecule has 0 atom stereocenters. The van der Waals surface area contributed by atoms with Crippen LogP contribution in [0.15, 0.2) is 42.5 Å². The first-order chi connectivity index (χ1) is 12.2. The molecule has 6 nitrogen and oxygen atoms in total. The van der Waals surface area contributed by atoms with Crippen molar-refractivity contribution in [2.45, 2.75) is 19.5 Å². The largest absolute Gasteiger partial charge is 0.418 e. The predicted molar refractivity (Wildman–Crippen MR) is 91.3 cm³/mol. The molecule has 0 aliphatic heterocycles. The third-order valence-corrected chi connectivity index (χ3v) is 3.50. The summed E-state index contributed by atoms with van der Waals surface area (Å²) in [5, 5.41) is 16.2. The van der Waals surface area contributed by atoms with Crippen molar-refractivity contribution in [3.8, 4) is 0 Å². The molecule has 0 radical (unpaired) electrons. The van der Waals surface area contributed by atoms with E-state index in [4.69, 9.17) is 0 Å². The Morgan fingerprint density at radius 1 is 1.15 bits per heavy atom. The molecular weight excluding hydrogens is 351 g/mol. The highest BCUT2D eigenvalue weighted by Gasteiger charge is 2.33. The topological polar surface area (TPSA) is 84.3 Å². The van der Waals surface area contributed by atoms with Gasteiger partial charge in [-0.1, -0.05) is 19.1 Å². The summed E-state index contributed by atoms with van der Waals surface area (Å²) in [6.45, 7) is 2.39. The van der Waals surface area contributed by atoms with E-state index in [1.54, 1.807) is 0 Å². The van der Waals surface area contributed by atoms with Crippen LogP contribution in [0.25, 0.3) is 0 Å². The number of benzene rings is 2. The number of alkyl halides is 3. The van der Waals surface area contributed by atoms with Gasteiger partial charge in [-0.25, -0.2) is 0 Å². The molecule has 2 aromatic carbocycles. The van der Waals surface area contributed by atoms with E-state index >= 15 is 0 Å². The molecular formula is C17H16F3N3O3. The number of nitrogens with one attached hydrogen (secondary N) is 2. The van der Waals surface area contributed by atoms with E-state index in [1.165, 1.54) is 24.3 Å². The molecule has 0 saturated heterocycles. The molecule has 0 aliphatic rings.